The second kappa shape index (κ2) is 7.04. The average molecular weight is 284 g/mol. The summed E-state index contributed by atoms with van der Waals surface area (Å²) in [5.74, 6) is -0.132. The lowest BCUT2D eigenvalue weighted by atomic mass is 10.2. The maximum atomic E-state index is 11.7. The molecule has 6 heteroatoms. The van der Waals surface area contributed by atoms with Crippen molar-refractivity contribution < 1.29 is 9.63 Å². The Morgan fingerprint density at radius 2 is 2.10 bits per heavy atom. The van der Waals surface area contributed by atoms with Gasteiger partial charge >= 0.3 is 0 Å². The molecule has 0 fully saturated rings. The van der Waals surface area contributed by atoms with Crippen molar-refractivity contribution in [3.63, 3.8) is 0 Å². The SMILES string of the molecule is Cc1ccc(NC(=O)CON=C(N)c2cccnc2)cc1. The highest BCUT2D eigenvalue weighted by atomic mass is 16.6. The van der Waals surface area contributed by atoms with Gasteiger partial charge in [-0.25, -0.2) is 0 Å². The standard InChI is InChI=1S/C15H16N4O2/c1-11-4-6-13(7-5-11)18-14(20)10-21-19-15(16)12-3-2-8-17-9-12/h2-9H,10H2,1H3,(H2,16,19)(H,18,20). The molecule has 2 aromatic rings. The second-order valence-corrected chi connectivity index (χ2v) is 4.41. The summed E-state index contributed by atoms with van der Waals surface area (Å²) in [6.45, 7) is 1.76. The predicted octanol–water partition coefficient (Wildman–Crippen LogP) is 1.67. The van der Waals surface area contributed by atoms with Crippen LogP contribution in [0, 0.1) is 6.92 Å². The lowest BCUT2D eigenvalue weighted by molar-refractivity contribution is -0.120. The van der Waals surface area contributed by atoms with Crippen LogP contribution in [0.5, 0.6) is 0 Å². The van der Waals surface area contributed by atoms with Gasteiger partial charge in [-0.3, -0.25) is 9.78 Å². The van der Waals surface area contributed by atoms with Gasteiger partial charge in [0.2, 0.25) is 0 Å². The summed E-state index contributed by atoms with van der Waals surface area (Å²) in [6.07, 6.45) is 3.20. The van der Waals surface area contributed by atoms with Crippen molar-refractivity contribution in [3.05, 3.63) is 59.9 Å². The monoisotopic (exact) mass is 284 g/mol. The van der Waals surface area contributed by atoms with Gasteiger partial charge in [0, 0.05) is 23.6 Å². The van der Waals surface area contributed by atoms with Crippen molar-refractivity contribution in [1.29, 1.82) is 0 Å². The minimum atomic E-state index is -0.304. The number of oxime groups is 1. The van der Waals surface area contributed by atoms with Gasteiger partial charge < -0.3 is 15.9 Å². The Labute approximate surface area is 122 Å². The highest BCUT2D eigenvalue weighted by Crippen LogP contribution is 2.08. The van der Waals surface area contributed by atoms with Crippen molar-refractivity contribution in [2.75, 3.05) is 11.9 Å². The van der Waals surface area contributed by atoms with E-state index < -0.39 is 0 Å². The quantitative estimate of drug-likeness (QED) is 0.496. The van der Waals surface area contributed by atoms with Gasteiger partial charge in [-0.2, -0.15) is 0 Å². The molecule has 21 heavy (non-hydrogen) atoms. The summed E-state index contributed by atoms with van der Waals surface area (Å²) < 4.78 is 0. The van der Waals surface area contributed by atoms with Crippen LogP contribution in [0.15, 0.2) is 53.9 Å². The molecular formula is C15H16N4O2. The van der Waals surface area contributed by atoms with E-state index in [4.69, 9.17) is 10.6 Å². The number of amidine groups is 1. The van der Waals surface area contributed by atoms with Crippen LogP contribution in [-0.4, -0.2) is 23.3 Å². The molecule has 0 spiro atoms. The highest BCUT2D eigenvalue weighted by Gasteiger charge is 2.03. The molecule has 0 radical (unpaired) electrons. The Hall–Kier alpha value is -2.89. The Kier molecular flexibility index (Phi) is 4.87. The zero-order valence-electron chi connectivity index (χ0n) is 11.6. The number of amides is 1. The van der Waals surface area contributed by atoms with Crippen LogP contribution in [0.2, 0.25) is 0 Å². The summed E-state index contributed by atoms with van der Waals surface area (Å²) in [7, 11) is 0. The van der Waals surface area contributed by atoms with Crippen LogP contribution in [-0.2, 0) is 9.63 Å². The average Bonchev–Trinajstić information content (AvgIpc) is 2.50. The van der Waals surface area contributed by atoms with Gasteiger partial charge in [0.25, 0.3) is 5.91 Å². The number of pyridine rings is 1. The lowest BCUT2D eigenvalue weighted by Crippen LogP contribution is -2.19. The minimum Gasteiger partial charge on any atom is -0.384 e. The zero-order chi connectivity index (χ0) is 15.1. The van der Waals surface area contributed by atoms with Gasteiger partial charge in [0.1, 0.15) is 0 Å². The predicted molar refractivity (Wildman–Crippen MR) is 80.7 cm³/mol. The highest BCUT2D eigenvalue weighted by molar-refractivity contribution is 5.97. The van der Waals surface area contributed by atoms with Gasteiger partial charge in [0.15, 0.2) is 12.4 Å². The number of anilines is 1. The molecule has 2 rings (SSSR count). The summed E-state index contributed by atoms with van der Waals surface area (Å²) in [4.78, 5) is 20.5. The summed E-state index contributed by atoms with van der Waals surface area (Å²) >= 11 is 0. The third-order valence-electron chi connectivity index (χ3n) is 2.65. The topological polar surface area (TPSA) is 89.6 Å². The summed E-state index contributed by atoms with van der Waals surface area (Å²) in [6, 6.07) is 11.0. The van der Waals surface area contributed by atoms with E-state index in [0.29, 0.717) is 11.3 Å². The zero-order valence-corrected chi connectivity index (χ0v) is 11.6. The van der Waals surface area contributed by atoms with Crippen molar-refractivity contribution in [1.82, 2.24) is 4.98 Å². The van der Waals surface area contributed by atoms with Gasteiger partial charge in [-0.1, -0.05) is 22.9 Å². The smallest absolute Gasteiger partial charge is 0.265 e. The largest absolute Gasteiger partial charge is 0.384 e. The Morgan fingerprint density at radius 3 is 2.76 bits per heavy atom. The first-order valence-electron chi connectivity index (χ1n) is 6.37. The second-order valence-electron chi connectivity index (χ2n) is 4.41. The first-order chi connectivity index (χ1) is 10.1. The molecule has 0 aliphatic rings. The molecule has 0 atom stereocenters. The number of nitrogens with two attached hydrogens (primary N) is 1. The van der Waals surface area contributed by atoms with Crippen LogP contribution < -0.4 is 11.1 Å². The van der Waals surface area contributed by atoms with Crippen LogP contribution in [0.1, 0.15) is 11.1 Å². The molecule has 0 aliphatic heterocycles. The Morgan fingerprint density at radius 1 is 1.33 bits per heavy atom. The number of hydrogen-bond donors (Lipinski definition) is 2. The fourth-order valence-corrected chi connectivity index (χ4v) is 1.56. The molecule has 0 aliphatic carbocycles. The maximum Gasteiger partial charge on any atom is 0.265 e. The van der Waals surface area contributed by atoms with E-state index in [1.54, 1.807) is 24.5 Å². The number of carbonyl (C=O) groups is 1. The van der Waals surface area contributed by atoms with E-state index in [1.807, 2.05) is 31.2 Å². The number of carbonyl (C=O) groups excluding carboxylic acids is 1. The molecule has 108 valence electrons. The molecule has 0 saturated carbocycles. The number of benzene rings is 1. The first kappa shape index (κ1) is 14.5. The Balaban J connectivity index is 1.83. The Bertz CT molecular complexity index is 624. The molecule has 0 unspecified atom stereocenters. The number of hydrogen-bond acceptors (Lipinski definition) is 4. The molecule has 0 bridgehead atoms. The normalized spacial score (nSPS) is 11.0. The molecule has 1 heterocycles. The molecule has 0 saturated heterocycles. The van der Waals surface area contributed by atoms with Crippen molar-refractivity contribution >= 4 is 17.4 Å². The van der Waals surface area contributed by atoms with Crippen molar-refractivity contribution in [2.45, 2.75) is 6.92 Å². The van der Waals surface area contributed by atoms with E-state index in [1.165, 1.54) is 0 Å². The van der Waals surface area contributed by atoms with Gasteiger partial charge in [0.05, 0.1) is 0 Å². The fraction of sp³-hybridized carbons (Fsp3) is 0.133. The molecule has 1 aromatic carbocycles. The minimum absolute atomic E-state index is 0.172. The lowest BCUT2D eigenvalue weighted by Gasteiger charge is -2.05. The molecule has 3 N–H and O–H groups in total. The number of aromatic nitrogens is 1. The van der Waals surface area contributed by atoms with Gasteiger partial charge in [-0.15, -0.1) is 0 Å². The molecule has 1 amide bonds. The van der Waals surface area contributed by atoms with Crippen molar-refractivity contribution in [2.24, 2.45) is 10.9 Å². The van der Waals surface area contributed by atoms with E-state index >= 15 is 0 Å². The fourth-order valence-electron chi connectivity index (χ4n) is 1.56. The van der Waals surface area contributed by atoms with Crippen LogP contribution in [0.25, 0.3) is 0 Å². The number of aryl methyl sites for hydroxylation is 1. The molecular weight excluding hydrogens is 268 g/mol. The van der Waals surface area contributed by atoms with Crippen LogP contribution in [0.4, 0.5) is 5.69 Å². The van der Waals surface area contributed by atoms with Crippen LogP contribution >= 0.6 is 0 Å². The molecule has 6 nitrogen and oxygen atoms in total. The number of nitrogens with one attached hydrogen (secondary N) is 1. The molecule has 1 aromatic heterocycles. The van der Waals surface area contributed by atoms with Crippen molar-refractivity contribution in [3.8, 4) is 0 Å². The number of rotatable bonds is 5. The third kappa shape index (κ3) is 4.61. The van der Waals surface area contributed by atoms with Crippen LogP contribution in [0.3, 0.4) is 0 Å². The summed E-state index contributed by atoms with van der Waals surface area (Å²) in [5.41, 5.74) is 8.17. The summed E-state index contributed by atoms with van der Waals surface area (Å²) in [5, 5.41) is 6.38. The maximum absolute atomic E-state index is 11.7. The first-order valence-corrected chi connectivity index (χ1v) is 6.37. The number of nitrogens with zero attached hydrogens (tertiary/aromatic N) is 2. The third-order valence-corrected chi connectivity index (χ3v) is 2.65. The van der Waals surface area contributed by atoms with E-state index in [2.05, 4.69) is 15.5 Å². The van der Waals surface area contributed by atoms with E-state index in [-0.39, 0.29) is 18.3 Å². The van der Waals surface area contributed by atoms with E-state index in [0.717, 1.165) is 5.56 Å². The van der Waals surface area contributed by atoms with Gasteiger partial charge in [-0.05, 0) is 31.2 Å². The van der Waals surface area contributed by atoms with E-state index in [9.17, 15) is 4.79 Å².